The second-order valence-electron chi connectivity index (χ2n) is 4.20. The van der Waals surface area contributed by atoms with Crippen LogP contribution in [0.15, 0.2) is 0 Å². The van der Waals surface area contributed by atoms with Crippen molar-refractivity contribution in [2.24, 2.45) is 5.92 Å². The van der Waals surface area contributed by atoms with Gasteiger partial charge in [-0.3, -0.25) is 0 Å². The second-order valence-corrected chi connectivity index (χ2v) is 4.20. The molecule has 0 radical (unpaired) electrons. The molecule has 1 rings (SSSR count). The third-order valence-electron chi connectivity index (χ3n) is 2.56. The SMILES string of the molecule is C[C@H]([C@@H](O)CC=O)[C@H]1COC(C)(C)O1. The van der Waals surface area contributed by atoms with Crippen LogP contribution in [0.5, 0.6) is 0 Å². The first-order valence-electron chi connectivity index (χ1n) is 4.90. The zero-order valence-corrected chi connectivity index (χ0v) is 8.90. The molecule has 1 fully saturated rings. The Morgan fingerprint density at radius 1 is 1.64 bits per heavy atom. The second kappa shape index (κ2) is 4.38. The Kier molecular flexibility index (Phi) is 3.64. The number of aliphatic hydroxyl groups excluding tert-OH is 1. The third-order valence-corrected chi connectivity index (χ3v) is 2.56. The summed E-state index contributed by atoms with van der Waals surface area (Å²) in [7, 11) is 0. The predicted molar refractivity (Wildman–Crippen MR) is 50.8 cm³/mol. The van der Waals surface area contributed by atoms with Crippen LogP contribution in [0.2, 0.25) is 0 Å². The number of aldehydes is 1. The molecule has 0 bridgehead atoms. The summed E-state index contributed by atoms with van der Waals surface area (Å²) in [5.74, 6) is -0.651. The van der Waals surface area contributed by atoms with Gasteiger partial charge in [0.1, 0.15) is 6.29 Å². The van der Waals surface area contributed by atoms with Gasteiger partial charge < -0.3 is 19.4 Å². The standard InChI is InChI=1S/C10H18O4/c1-7(8(12)4-5-11)9-6-13-10(2,3)14-9/h5,7-9,12H,4,6H2,1-3H3/t7-,8+,9-/m1/s1. The molecule has 1 N–H and O–H groups in total. The van der Waals surface area contributed by atoms with Gasteiger partial charge in [-0.15, -0.1) is 0 Å². The monoisotopic (exact) mass is 202 g/mol. The van der Waals surface area contributed by atoms with E-state index in [1.807, 2.05) is 20.8 Å². The zero-order valence-electron chi connectivity index (χ0n) is 8.90. The molecule has 1 aliphatic heterocycles. The highest BCUT2D eigenvalue weighted by molar-refractivity contribution is 5.50. The predicted octanol–water partition coefficient (Wildman–Crippen LogP) is 0.724. The van der Waals surface area contributed by atoms with Crippen LogP contribution in [-0.2, 0) is 14.3 Å². The molecule has 0 saturated carbocycles. The van der Waals surface area contributed by atoms with E-state index in [0.717, 1.165) is 6.29 Å². The van der Waals surface area contributed by atoms with E-state index in [2.05, 4.69) is 0 Å². The van der Waals surface area contributed by atoms with Gasteiger partial charge in [0.2, 0.25) is 0 Å². The molecule has 1 aliphatic rings. The van der Waals surface area contributed by atoms with Crippen molar-refractivity contribution in [3.63, 3.8) is 0 Å². The zero-order chi connectivity index (χ0) is 10.8. The van der Waals surface area contributed by atoms with Crippen molar-refractivity contribution in [1.29, 1.82) is 0 Å². The van der Waals surface area contributed by atoms with Crippen molar-refractivity contribution in [3.8, 4) is 0 Å². The summed E-state index contributed by atoms with van der Waals surface area (Å²) < 4.78 is 11.0. The summed E-state index contributed by atoms with van der Waals surface area (Å²) in [6.45, 7) is 6.02. The number of hydrogen-bond donors (Lipinski definition) is 1. The van der Waals surface area contributed by atoms with Gasteiger partial charge in [0.15, 0.2) is 5.79 Å². The molecule has 4 heteroatoms. The topological polar surface area (TPSA) is 55.8 Å². The van der Waals surface area contributed by atoms with Gasteiger partial charge >= 0.3 is 0 Å². The fourth-order valence-electron chi connectivity index (χ4n) is 1.54. The highest BCUT2D eigenvalue weighted by atomic mass is 16.7. The number of ether oxygens (including phenoxy) is 2. The lowest BCUT2D eigenvalue weighted by Crippen LogP contribution is -2.33. The molecule has 1 heterocycles. The van der Waals surface area contributed by atoms with E-state index in [1.54, 1.807) is 0 Å². The highest BCUT2D eigenvalue weighted by Gasteiger charge is 2.37. The quantitative estimate of drug-likeness (QED) is 0.683. The number of hydrogen-bond acceptors (Lipinski definition) is 4. The first-order valence-corrected chi connectivity index (χ1v) is 4.90. The largest absolute Gasteiger partial charge is 0.392 e. The van der Waals surface area contributed by atoms with Gasteiger partial charge in [-0.2, -0.15) is 0 Å². The van der Waals surface area contributed by atoms with Crippen molar-refractivity contribution in [3.05, 3.63) is 0 Å². The van der Waals surface area contributed by atoms with E-state index in [-0.39, 0.29) is 18.4 Å². The first-order chi connectivity index (χ1) is 6.46. The summed E-state index contributed by atoms with van der Waals surface area (Å²) >= 11 is 0. The molecule has 0 aliphatic carbocycles. The molecule has 0 aromatic carbocycles. The minimum absolute atomic E-state index is 0.0815. The van der Waals surface area contributed by atoms with Crippen LogP contribution in [0.25, 0.3) is 0 Å². The molecule has 0 spiro atoms. The lowest BCUT2D eigenvalue weighted by Gasteiger charge is -2.23. The molecule has 0 aromatic rings. The molecule has 0 amide bonds. The van der Waals surface area contributed by atoms with Gasteiger partial charge in [0.05, 0.1) is 18.8 Å². The summed E-state index contributed by atoms with van der Waals surface area (Å²) in [5, 5.41) is 9.58. The molecule has 0 unspecified atom stereocenters. The Balaban J connectivity index is 2.46. The normalized spacial score (nSPS) is 29.9. The van der Waals surface area contributed by atoms with Gasteiger partial charge in [0.25, 0.3) is 0 Å². The maximum Gasteiger partial charge on any atom is 0.163 e. The number of carbonyl (C=O) groups excluding carboxylic acids is 1. The van der Waals surface area contributed by atoms with Crippen molar-refractivity contribution in [1.82, 2.24) is 0 Å². The van der Waals surface area contributed by atoms with Crippen LogP contribution in [0.1, 0.15) is 27.2 Å². The van der Waals surface area contributed by atoms with Crippen molar-refractivity contribution in [2.45, 2.75) is 45.2 Å². The van der Waals surface area contributed by atoms with Crippen molar-refractivity contribution in [2.75, 3.05) is 6.61 Å². The van der Waals surface area contributed by atoms with Crippen LogP contribution in [0.4, 0.5) is 0 Å². The molecule has 3 atom stereocenters. The van der Waals surface area contributed by atoms with E-state index < -0.39 is 11.9 Å². The van der Waals surface area contributed by atoms with E-state index in [9.17, 15) is 9.90 Å². The minimum atomic E-state index is -0.644. The fraction of sp³-hybridized carbons (Fsp3) is 0.900. The fourth-order valence-corrected chi connectivity index (χ4v) is 1.54. The maximum absolute atomic E-state index is 10.2. The molecule has 82 valence electrons. The average molecular weight is 202 g/mol. The van der Waals surface area contributed by atoms with E-state index in [0.29, 0.717) is 6.61 Å². The first kappa shape index (κ1) is 11.6. The van der Waals surface area contributed by atoms with Crippen LogP contribution in [-0.4, -0.2) is 36.0 Å². The van der Waals surface area contributed by atoms with Crippen LogP contribution < -0.4 is 0 Å². The summed E-state index contributed by atoms with van der Waals surface area (Å²) in [4.78, 5) is 10.2. The van der Waals surface area contributed by atoms with Gasteiger partial charge in [-0.1, -0.05) is 6.92 Å². The Bertz CT molecular complexity index is 202. The van der Waals surface area contributed by atoms with Crippen molar-refractivity contribution >= 4 is 6.29 Å². The van der Waals surface area contributed by atoms with Gasteiger partial charge in [-0.05, 0) is 13.8 Å². The van der Waals surface area contributed by atoms with Crippen molar-refractivity contribution < 1.29 is 19.4 Å². The van der Waals surface area contributed by atoms with E-state index in [1.165, 1.54) is 0 Å². The lowest BCUT2D eigenvalue weighted by atomic mass is 9.97. The molecular weight excluding hydrogens is 184 g/mol. The van der Waals surface area contributed by atoms with Crippen LogP contribution in [0.3, 0.4) is 0 Å². The smallest absolute Gasteiger partial charge is 0.163 e. The average Bonchev–Trinajstić information content (AvgIpc) is 2.45. The van der Waals surface area contributed by atoms with Gasteiger partial charge in [0, 0.05) is 12.3 Å². The molecular formula is C10H18O4. The third kappa shape index (κ3) is 2.77. The van der Waals surface area contributed by atoms with E-state index in [4.69, 9.17) is 9.47 Å². The Morgan fingerprint density at radius 3 is 2.71 bits per heavy atom. The summed E-state index contributed by atoms with van der Waals surface area (Å²) in [6, 6.07) is 0. The lowest BCUT2D eigenvalue weighted by molar-refractivity contribution is -0.148. The Hall–Kier alpha value is -0.450. The van der Waals surface area contributed by atoms with Crippen LogP contribution >= 0.6 is 0 Å². The Morgan fingerprint density at radius 2 is 2.29 bits per heavy atom. The highest BCUT2D eigenvalue weighted by Crippen LogP contribution is 2.28. The molecule has 14 heavy (non-hydrogen) atoms. The van der Waals surface area contributed by atoms with E-state index >= 15 is 0 Å². The number of rotatable bonds is 4. The molecule has 0 aromatic heterocycles. The Labute approximate surface area is 84.2 Å². The number of aliphatic hydroxyl groups is 1. The minimum Gasteiger partial charge on any atom is -0.392 e. The molecule has 1 saturated heterocycles. The number of carbonyl (C=O) groups is 1. The maximum atomic E-state index is 10.2. The molecule has 4 nitrogen and oxygen atoms in total. The summed E-state index contributed by atoms with van der Waals surface area (Å²) in [5.41, 5.74) is 0. The van der Waals surface area contributed by atoms with Gasteiger partial charge in [-0.25, -0.2) is 0 Å². The summed E-state index contributed by atoms with van der Waals surface area (Å²) in [6.07, 6.45) is 0.110. The van der Waals surface area contributed by atoms with Crippen LogP contribution in [0, 0.1) is 5.92 Å².